The lowest BCUT2D eigenvalue weighted by Gasteiger charge is -2.36. The van der Waals surface area contributed by atoms with Gasteiger partial charge in [-0.1, -0.05) is 0 Å². The lowest BCUT2D eigenvalue weighted by Crippen LogP contribution is -2.46. The maximum atomic E-state index is 12.7. The van der Waals surface area contributed by atoms with Crippen LogP contribution in [0, 0.1) is 6.92 Å². The average molecular weight is 321 g/mol. The minimum atomic E-state index is -3.43. The average Bonchev–Trinajstić information content (AvgIpc) is 2.70. The summed E-state index contributed by atoms with van der Waals surface area (Å²) in [5.41, 5.74) is 0. The molecule has 19 heavy (non-hydrogen) atoms. The van der Waals surface area contributed by atoms with Crippen molar-refractivity contribution in [1.29, 1.82) is 0 Å². The molecule has 1 aromatic heterocycles. The summed E-state index contributed by atoms with van der Waals surface area (Å²) in [4.78, 5) is 1.80. The fraction of sp³-hybridized carbons (Fsp3) is 0.667. The quantitative estimate of drug-likeness (QED) is 0.926. The van der Waals surface area contributed by atoms with Crippen LogP contribution >= 0.6 is 23.1 Å². The van der Waals surface area contributed by atoms with Crippen LogP contribution < -0.4 is 0 Å². The van der Waals surface area contributed by atoms with Gasteiger partial charge in [-0.2, -0.15) is 16.1 Å². The van der Waals surface area contributed by atoms with Gasteiger partial charge in [0.15, 0.2) is 0 Å². The maximum absolute atomic E-state index is 12.7. The van der Waals surface area contributed by atoms with E-state index in [2.05, 4.69) is 13.8 Å². The first-order valence-corrected chi connectivity index (χ1v) is 9.35. The molecule has 0 aromatic carbocycles. The number of nitrogens with zero attached hydrogens (tertiary/aromatic N) is 1. The van der Waals surface area contributed by atoms with Crippen LogP contribution in [0.25, 0.3) is 0 Å². The van der Waals surface area contributed by atoms with Crippen molar-refractivity contribution >= 4 is 33.1 Å². The first kappa shape index (κ1) is 15.3. The van der Waals surface area contributed by atoms with Gasteiger partial charge in [0.25, 0.3) is 0 Å². The summed E-state index contributed by atoms with van der Waals surface area (Å²) < 4.78 is 26.9. The molecule has 1 aliphatic heterocycles. The van der Waals surface area contributed by atoms with Crippen molar-refractivity contribution in [2.75, 3.05) is 18.8 Å². The van der Waals surface area contributed by atoms with E-state index in [-0.39, 0.29) is 11.4 Å². The predicted molar refractivity (Wildman–Crippen MR) is 80.3 cm³/mol. The highest BCUT2D eigenvalue weighted by atomic mass is 32.2. The SMILES string of the molecule is Cc1sc(CO)cc1S(=O)(=O)N1CCSC(C)(C)C1. The Labute approximate surface area is 122 Å². The monoisotopic (exact) mass is 321 g/mol. The molecule has 0 amide bonds. The second-order valence-corrected chi connectivity index (χ2v) is 10.3. The summed E-state index contributed by atoms with van der Waals surface area (Å²) in [6, 6.07) is 1.60. The molecule has 1 aliphatic rings. The number of aryl methyl sites for hydroxylation is 1. The molecule has 1 saturated heterocycles. The van der Waals surface area contributed by atoms with Gasteiger partial charge in [-0.25, -0.2) is 8.42 Å². The van der Waals surface area contributed by atoms with Gasteiger partial charge in [0, 0.05) is 33.3 Å². The summed E-state index contributed by atoms with van der Waals surface area (Å²) in [7, 11) is -3.43. The third-order valence-corrected chi connectivity index (χ3v) is 7.52. The molecule has 4 nitrogen and oxygen atoms in total. The van der Waals surface area contributed by atoms with E-state index in [1.165, 1.54) is 11.3 Å². The number of hydrogen-bond acceptors (Lipinski definition) is 5. The molecule has 108 valence electrons. The zero-order chi connectivity index (χ0) is 14.3. The molecule has 1 aromatic rings. The zero-order valence-electron chi connectivity index (χ0n) is 11.3. The summed E-state index contributed by atoms with van der Waals surface area (Å²) >= 11 is 3.15. The predicted octanol–water partition coefficient (Wildman–Crippen LogP) is 2.06. The molecule has 0 radical (unpaired) electrons. The molecule has 0 bridgehead atoms. The Morgan fingerprint density at radius 1 is 1.47 bits per heavy atom. The summed E-state index contributed by atoms with van der Waals surface area (Å²) in [6.45, 7) is 6.91. The van der Waals surface area contributed by atoms with E-state index in [9.17, 15) is 8.42 Å². The highest BCUT2D eigenvalue weighted by Crippen LogP contribution is 2.34. The second kappa shape index (κ2) is 5.37. The molecule has 0 aliphatic carbocycles. The van der Waals surface area contributed by atoms with Gasteiger partial charge in [0.1, 0.15) is 0 Å². The first-order chi connectivity index (χ1) is 8.76. The lowest BCUT2D eigenvalue weighted by molar-refractivity contribution is 0.285. The van der Waals surface area contributed by atoms with Crippen LogP contribution in [-0.4, -0.2) is 41.4 Å². The van der Waals surface area contributed by atoms with Gasteiger partial charge in [-0.15, -0.1) is 11.3 Å². The molecular weight excluding hydrogens is 302 g/mol. The minimum absolute atomic E-state index is 0.0466. The Morgan fingerprint density at radius 3 is 2.68 bits per heavy atom. The van der Waals surface area contributed by atoms with Crippen molar-refractivity contribution < 1.29 is 13.5 Å². The number of thiophene rings is 1. The van der Waals surface area contributed by atoms with Gasteiger partial charge < -0.3 is 5.11 Å². The second-order valence-electron chi connectivity index (χ2n) is 5.24. The number of hydrogen-bond donors (Lipinski definition) is 1. The van der Waals surface area contributed by atoms with E-state index < -0.39 is 10.0 Å². The van der Waals surface area contributed by atoms with Crippen LogP contribution in [-0.2, 0) is 16.6 Å². The molecule has 2 heterocycles. The molecule has 1 fully saturated rings. The third kappa shape index (κ3) is 3.16. The standard InChI is InChI=1S/C12H19NO3S3/c1-9-11(6-10(7-14)18-9)19(15,16)13-4-5-17-12(2,3)8-13/h6,14H,4-5,7-8H2,1-3H3. The number of aliphatic hydroxyl groups excluding tert-OH is 1. The smallest absolute Gasteiger partial charge is 0.244 e. The fourth-order valence-electron chi connectivity index (χ4n) is 2.18. The highest BCUT2D eigenvalue weighted by Gasteiger charge is 2.35. The fourth-order valence-corrected chi connectivity index (χ4v) is 6.55. The molecular formula is C12H19NO3S3. The number of sulfonamides is 1. The van der Waals surface area contributed by atoms with E-state index >= 15 is 0 Å². The Bertz CT molecular complexity index is 563. The van der Waals surface area contributed by atoms with E-state index in [0.717, 1.165) is 10.6 Å². The Morgan fingerprint density at radius 2 is 2.16 bits per heavy atom. The first-order valence-electron chi connectivity index (χ1n) is 6.10. The normalized spacial score (nSPS) is 20.6. The van der Waals surface area contributed by atoms with Gasteiger partial charge in [-0.05, 0) is 26.8 Å². The summed E-state index contributed by atoms with van der Waals surface area (Å²) in [5.74, 6) is 0.822. The molecule has 0 spiro atoms. The molecule has 2 rings (SSSR count). The summed E-state index contributed by atoms with van der Waals surface area (Å²) in [5, 5.41) is 9.13. The minimum Gasteiger partial charge on any atom is -0.391 e. The van der Waals surface area contributed by atoms with Crippen LogP contribution in [0.2, 0.25) is 0 Å². The van der Waals surface area contributed by atoms with Crippen LogP contribution in [0.1, 0.15) is 23.6 Å². The van der Waals surface area contributed by atoms with E-state index in [4.69, 9.17) is 5.11 Å². The zero-order valence-corrected chi connectivity index (χ0v) is 13.8. The van der Waals surface area contributed by atoms with E-state index in [0.29, 0.717) is 22.9 Å². The molecule has 0 unspecified atom stereocenters. The van der Waals surface area contributed by atoms with Crippen LogP contribution in [0.15, 0.2) is 11.0 Å². The largest absolute Gasteiger partial charge is 0.391 e. The van der Waals surface area contributed by atoms with Crippen LogP contribution in [0.5, 0.6) is 0 Å². The Balaban J connectivity index is 2.34. The van der Waals surface area contributed by atoms with E-state index in [1.807, 2.05) is 0 Å². The van der Waals surface area contributed by atoms with Crippen molar-refractivity contribution in [3.8, 4) is 0 Å². The third-order valence-electron chi connectivity index (χ3n) is 3.09. The highest BCUT2D eigenvalue weighted by molar-refractivity contribution is 8.00. The van der Waals surface area contributed by atoms with Crippen molar-refractivity contribution in [3.63, 3.8) is 0 Å². The van der Waals surface area contributed by atoms with Crippen molar-refractivity contribution in [2.24, 2.45) is 0 Å². The van der Waals surface area contributed by atoms with Gasteiger partial charge >= 0.3 is 0 Å². The number of rotatable bonds is 3. The van der Waals surface area contributed by atoms with Gasteiger partial charge in [-0.3, -0.25) is 0 Å². The molecule has 0 atom stereocenters. The van der Waals surface area contributed by atoms with Crippen molar-refractivity contribution in [2.45, 2.75) is 37.0 Å². The maximum Gasteiger partial charge on any atom is 0.244 e. The number of thioether (sulfide) groups is 1. The topological polar surface area (TPSA) is 57.6 Å². The Kier molecular flexibility index (Phi) is 4.32. The summed E-state index contributed by atoms with van der Waals surface area (Å²) in [6.07, 6.45) is 0. The van der Waals surface area contributed by atoms with Crippen LogP contribution in [0.3, 0.4) is 0 Å². The van der Waals surface area contributed by atoms with Crippen LogP contribution in [0.4, 0.5) is 0 Å². The lowest BCUT2D eigenvalue weighted by atomic mass is 10.2. The Hall–Kier alpha value is -0.0800. The van der Waals surface area contributed by atoms with Crippen molar-refractivity contribution in [3.05, 3.63) is 15.8 Å². The molecule has 1 N–H and O–H groups in total. The number of aliphatic hydroxyl groups is 1. The van der Waals surface area contributed by atoms with Gasteiger partial charge in [0.05, 0.1) is 11.5 Å². The molecule has 0 saturated carbocycles. The molecule has 7 heteroatoms. The van der Waals surface area contributed by atoms with Crippen molar-refractivity contribution in [1.82, 2.24) is 4.31 Å². The van der Waals surface area contributed by atoms with Gasteiger partial charge in [0.2, 0.25) is 10.0 Å². The van der Waals surface area contributed by atoms with E-state index in [1.54, 1.807) is 29.1 Å².